The highest BCUT2D eigenvalue weighted by molar-refractivity contribution is 4.92. The average molecular weight is 256 g/mol. The fraction of sp³-hybridized carbons (Fsp3) is 1.00. The van der Waals surface area contributed by atoms with Gasteiger partial charge in [-0.1, -0.05) is 27.2 Å². The van der Waals surface area contributed by atoms with E-state index in [2.05, 4.69) is 31.4 Å². The molecule has 0 aromatic rings. The van der Waals surface area contributed by atoms with Crippen LogP contribution in [0.5, 0.6) is 0 Å². The molecule has 18 heavy (non-hydrogen) atoms. The highest BCUT2D eigenvalue weighted by Crippen LogP contribution is 2.27. The van der Waals surface area contributed by atoms with Gasteiger partial charge in [0.25, 0.3) is 0 Å². The molecule has 3 heteroatoms. The first-order chi connectivity index (χ1) is 8.45. The van der Waals surface area contributed by atoms with Gasteiger partial charge in [0.05, 0.1) is 5.60 Å². The summed E-state index contributed by atoms with van der Waals surface area (Å²) < 4.78 is 0. The number of hydrogen-bond acceptors (Lipinski definition) is 3. The topological polar surface area (TPSA) is 44.3 Å². The molecule has 1 aliphatic rings. The number of rotatable bonds is 7. The Balaban J connectivity index is 2.32. The van der Waals surface area contributed by atoms with Crippen LogP contribution in [-0.4, -0.2) is 36.4 Å². The van der Waals surface area contributed by atoms with Crippen LogP contribution in [0.3, 0.4) is 0 Å². The Labute approximate surface area is 113 Å². The zero-order valence-corrected chi connectivity index (χ0v) is 12.6. The summed E-state index contributed by atoms with van der Waals surface area (Å²) in [5, 5.41) is 17.5. The molecule has 1 rings (SSSR count). The van der Waals surface area contributed by atoms with Crippen molar-refractivity contribution in [3.63, 3.8) is 0 Å². The molecule has 0 bridgehead atoms. The van der Waals surface area contributed by atoms with Crippen molar-refractivity contribution in [2.45, 2.75) is 65.0 Å². The lowest BCUT2D eigenvalue weighted by atomic mass is 9.81. The molecule has 1 heterocycles. The van der Waals surface area contributed by atoms with Crippen LogP contribution in [-0.2, 0) is 0 Å². The third-order valence-electron chi connectivity index (χ3n) is 4.20. The van der Waals surface area contributed by atoms with Crippen molar-refractivity contribution in [3.05, 3.63) is 0 Å². The molecule has 108 valence electrons. The summed E-state index contributed by atoms with van der Waals surface area (Å²) in [6.45, 7) is 11.6. The summed E-state index contributed by atoms with van der Waals surface area (Å²) in [7, 11) is 0. The molecule has 3 unspecified atom stereocenters. The monoisotopic (exact) mass is 256 g/mol. The zero-order chi connectivity index (χ0) is 13.6. The zero-order valence-electron chi connectivity index (χ0n) is 12.6. The second-order valence-corrected chi connectivity index (χ2v) is 6.51. The van der Waals surface area contributed by atoms with Gasteiger partial charge in [0.2, 0.25) is 0 Å². The molecule has 1 aliphatic heterocycles. The summed E-state index contributed by atoms with van der Waals surface area (Å²) >= 11 is 0. The molecule has 0 saturated carbocycles. The third-order valence-corrected chi connectivity index (χ3v) is 4.20. The van der Waals surface area contributed by atoms with E-state index >= 15 is 0 Å². The second kappa shape index (κ2) is 7.46. The summed E-state index contributed by atoms with van der Waals surface area (Å²) in [6.07, 6.45) is 4.44. The first-order valence-electron chi connectivity index (χ1n) is 7.62. The van der Waals surface area contributed by atoms with E-state index in [1.807, 2.05) is 6.92 Å². The lowest BCUT2D eigenvalue weighted by Gasteiger charge is -2.39. The predicted molar refractivity (Wildman–Crippen MR) is 77.8 cm³/mol. The first-order valence-corrected chi connectivity index (χ1v) is 7.62. The number of piperidine rings is 1. The van der Waals surface area contributed by atoms with Gasteiger partial charge in [-0.3, -0.25) is 0 Å². The first kappa shape index (κ1) is 15.9. The lowest BCUT2D eigenvalue weighted by molar-refractivity contribution is -0.00547. The Bertz CT molecular complexity index is 229. The number of aliphatic hydroxyl groups is 1. The fourth-order valence-corrected chi connectivity index (χ4v) is 2.75. The Kier molecular flexibility index (Phi) is 6.61. The van der Waals surface area contributed by atoms with Crippen LogP contribution < -0.4 is 10.6 Å². The fourth-order valence-electron chi connectivity index (χ4n) is 2.75. The molecule has 0 amide bonds. The van der Waals surface area contributed by atoms with E-state index in [0.29, 0.717) is 5.92 Å². The van der Waals surface area contributed by atoms with Crippen molar-refractivity contribution in [1.29, 1.82) is 0 Å². The molecule has 0 radical (unpaired) electrons. The maximum Gasteiger partial charge on any atom is 0.0784 e. The molecule has 1 saturated heterocycles. The minimum Gasteiger partial charge on any atom is -0.389 e. The molecule has 3 nitrogen and oxygen atoms in total. The van der Waals surface area contributed by atoms with Crippen LogP contribution in [0.2, 0.25) is 0 Å². The summed E-state index contributed by atoms with van der Waals surface area (Å²) in [6, 6.07) is 0.261. The normalized spacial score (nSPS) is 28.3. The molecule has 0 spiro atoms. The van der Waals surface area contributed by atoms with E-state index in [1.54, 1.807) is 0 Å². The van der Waals surface area contributed by atoms with Gasteiger partial charge in [-0.25, -0.2) is 0 Å². The summed E-state index contributed by atoms with van der Waals surface area (Å²) in [4.78, 5) is 0. The van der Waals surface area contributed by atoms with E-state index in [9.17, 15) is 5.11 Å². The van der Waals surface area contributed by atoms with Crippen LogP contribution in [0.4, 0.5) is 0 Å². The Morgan fingerprint density at radius 1 is 1.44 bits per heavy atom. The second-order valence-electron chi connectivity index (χ2n) is 6.51. The van der Waals surface area contributed by atoms with E-state index in [4.69, 9.17) is 0 Å². The molecule has 0 aromatic carbocycles. The third kappa shape index (κ3) is 5.25. The van der Waals surface area contributed by atoms with Gasteiger partial charge in [0.15, 0.2) is 0 Å². The molecule has 0 aromatic heterocycles. The van der Waals surface area contributed by atoms with Gasteiger partial charge in [-0.2, -0.15) is 0 Å². The van der Waals surface area contributed by atoms with Crippen LogP contribution in [0.25, 0.3) is 0 Å². The van der Waals surface area contributed by atoms with Crippen LogP contribution >= 0.6 is 0 Å². The van der Waals surface area contributed by atoms with E-state index in [-0.39, 0.29) is 6.04 Å². The lowest BCUT2D eigenvalue weighted by Crippen LogP contribution is -2.53. The Morgan fingerprint density at radius 3 is 2.78 bits per heavy atom. The highest BCUT2D eigenvalue weighted by atomic mass is 16.3. The van der Waals surface area contributed by atoms with Crippen molar-refractivity contribution in [1.82, 2.24) is 10.6 Å². The van der Waals surface area contributed by atoms with Gasteiger partial charge >= 0.3 is 0 Å². The molecule has 1 fully saturated rings. The number of hydrogen-bond donors (Lipinski definition) is 3. The van der Waals surface area contributed by atoms with Gasteiger partial charge < -0.3 is 15.7 Å². The largest absolute Gasteiger partial charge is 0.389 e. The smallest absolute Gasteiger partial charge is 0.0784 e. The van der Waals surface area contributed by atoms with Crippen molar-refractivity contribution in [3.8, 4) is 0 Å². The van der Waals surface area contributed by atoms with Gasteiger partial charge in [-0.05, 0) is 57.7 Å². The SMILES string of the molecule is CCC1CCNC(C(C)(O)CCNCC(C)C)C1. The van der Waals surface area contributed by atoms with Crippen molar-refractivity contribution in [2.24, 2.45) is 11.8 Å². The average Bonchev–Trinajstić information content (AvgIpc) is 2.34. The summed E-state index contributed by atoms with van der Waals surface area (Å²) in [5.41, 5.74) is -0.585. The minimum atomic E-state index is -0.585. The number of nitrogens with one attached hydrogen (secondary N) is 2. The van der Waals surface area contributed by atoms with Crippen molar-refractivity contribution < 1.29 is 5.11 Å². The molecule has 3 N–H and O–H groups in total. The molecule has 0 aliphatic carbocycles. The van der Waals surface area contributed by atoms with Gasteiger partial charge in [0.1, 0.15) is 0 Å². The molecular formula is C15H32N2O. The quantitative estimate of drug-likeness (QED) is 0.612. The van der Waals surface area contributed by atoms with E-state index in [0.717, 1.165) is 38.4 Å². The van der Waals surface area contributed by atoms with Crippen LogP contribution in [0.1, 0.15) is 53.4 Å². The van der Waals surface area contributed by atoms with Crippen molar-refractivity contribution >= 4 is 0 Å². The van der Waals surface area contributed by atoms with Gasteiger partial charge in [-0.15, -0.1) is 0 Å². The standard InChI is InChI=1S/C15H32N2O/c1-5-13-6-8-17-14(10-13)15(4,18)7-9-16-11-12(2)3/h12-14,16-18H,5-11H2,1-4H3. The summed E-state index contributed by atoms with van der Waals surface area (Å²) in [5.74, 6) is 1.46. The van der Waals surface area contributed by atoms with Gasteiger partial charge in [0, 0.05) is 6.04 Å². The molecule has 3 atom stereocenters. The minimum absolute atomic E-state index is 0.261. The van der Waals surface area contributed by atoms with Crippen LogP contribution in [0, 0.1) is 11.8 Å². The maximum atomic E-state index is 10.6. The maximum absolute atomic E-state index is 10.6. The van der Waals surface area contributed by atoms with Crippen LogP contribution in [0.15, 0.2) is 0 Å². The molecular weight excluding hydrogens is 224 g/mol. The predicted octanol–water partition coefficient (Wildman–Crippen LogP) is 2.15. The van der Waals surface area contributed by atoms with Crippen molar-refractivity contribution in [2.75, 3.05) is 19.6 Å². The Morgan fingerprint density at radius 2 is 2.17 bits per heavy atom. The Hall–Kier alpha value is -0.120. The highest BCUT2D eigenvalue weighted by Gasteiger charge is 2.34. The van der Waals surface area contributed by atoms with E-state index in [1.165, 1.54) is 12.8 Å². The van der Waals surface area contributed by atoms with E-state index < -0.39 is 5.60 Å².